The summed E-state index contributed by atoms with van der Waals surface area (Å²) in [4.78, 5) is 14.5. The molecule has 0 amide bonds. The van der Waals surface area contributed by atoms with Crippen molar-refractivity contribution < 1.29 is 34.1 Å². The number of para-hydroxylation sites is 1. The van der Waals surface area contributed by atoms with Crippen LogP contribution < -0.4 is 0 Å². The number of carbonyl (C=O) groups is 1. The van der Waals surface area contributed by atoms with Crippen LogP contribution in [0.3, 0.4) is 0 Å². The molecule has 0 aliphatic heterocycles. The van der Waals surface area contributed by atoms with E-state index in [1.165, 1.54) is 73.5 Å². The molecule has 0 fully saturated rings. The number of ketones is 1. The summed E-state index contributed by atoms with van der Waals surface area (Å²) in [6.07, 6.45) is 2.61. The maximum atomic E-state index is 10.0. The fourth-order valence-corrected chi connectivity index (χ4v) is 6.83. The molecule has 0 spiro atoms. The van der Waals surface area contributed by atoms with Crippen LogP contribution in [0, 0.1) is 12.9 Å². The molecule has 0 unspecified atom stereocenters. The molecule has 8 rings (SSSR count). The molecule has 1 N–H and O–H groups in total. The second-order valence-corrected chi connectivity index (χ2v) is 11.0. The molecule has 0 aliphatic carbocycles. The third-order valence-corrected chi connectivity index (χ3v) is 8.34. The zero-order valence-electron chi connectivity index (χ0n) is 25.2. The maximum absolute atomic E-state index is 10.0. The first-order valence-electron chi connectivity index (χ1n) is 14.4. The Morgan fingerprint density at radius 3 is 2.46 bits per heavy atom. The second kappa shape index (κ2) is 10.4. The van der Waals surface area contributed by atoms with Gasteiger partial charge in [-0.05, 0) is 61.1 Å². The second-order valence-electron chi connectivity index (χ2n) is 9.94. The van der Waals surface area contributed by atoms with E-state index in [4.69, 9.17) is 9.22 Å². The van der Waals surface area contributed by atoms with Crippen LogP contribution in [0.25, 0.3) is 69.5 Å². The number of aliphatic hydroxyl groups excluding tert-OH is 1. The molecule has 0 bridgehead atoms. The van der Waals surface area contributed by atoms with Gasteiger partial charge in [0.05, 0.1) is 11.3 Å². The number of hydrogen-bond acceptors (Lipinski definition) is 4. The number of aryl methyl sites for hydroxylation is 1. The predicted molar refractivity (Wildman–Crippen MR) is 168 cm³/mol. The minimum Gasteiger partial charge on any atom is -0.512 e. The Morgan fingerprint density at radius 2 is 1.73 bits per heavy atom. The van der Waals surface area contributed by atoms with Gasteiger partial charge in [0, 0.05) is 73.0 Å². The average Bonchev–Trinajstić information content (AvgIpc) is 3.62. The first-order valence-corrected chi connectivity index (χ1v) is 13.7. The van der Waals surface area contributed by atoms with Gasteiger partial charge in [0.25, 0.3) is 0 Å². The Hall–Kier alpha value is -4.09. The van der Waals surface area contributed by atoms with Crippen LogP contribution in [0.15, 0.2) is 96.9 Å². The number of aliphatic hydroxyl groups is 1. The molecule has 0 saturated heterocycles. The van der Waals surface area contributed by atoms with Crippen LogP contribution in [0.4, 0.5) is 0 Å². The SMILES string of the molecule is CC(=O)/C=C(/C)O.[2H]C([2H])([2H])c1ccc(-c2[c-]cc3c(c2)c2cccc4c5c6c(ccc5n3c24)sc2ccccc26)nc1.[Ir]. The number of carbonyl (C=O) groups excluding carboxylic acids is 1. The zero-order valence-corrected chi connectivity index (χ0v) is 25.4. The smallest absolute Gasteiger partial charge is 0.155 e. The van der Waals surface area contributed by atoms with Crippen molar-refractivity contribution in [1.29, 1.82) is 0 Å². The molecule has 203 valence electrons. The fourth-order valence-electron chi connectivity index (χ4n) is 5.72. The summed E-state index contributed by atoms with van der Waals surface area (Å²) in [6, 6.07) is 30.7. The number of aromatic nitrogens is 2. The minimum atomic E-state index is -2.16. The summed E-state index contributed by atoms with van der Waals surface area (Å²) >= 11 is 1.85. The third kappa shape index (κ3) is 4.40. The molecule has 1 radical (unpaired) electrons. The number of fused-ring (bicyclic) bond motifs is 10. The summed E-state index contributed by atoms with van der Waals surface area (Å²) in [7, 11) is 0. The minimum absolute atomic E-state index is 0. The van der Waals surface area contributed by atoms with E-state index in [1.807, 2.05) is 17.4 Å². The summed E-state index contributed by atoms with van der Waals surface area (Å²) in [5.74, 6) is -0.0625. The molecule has 6 heteroatoms. The molecule has 8 aromatic rings. The van der Waals surface area contributed by atoms with Crippen LogP contribution in [-0.2, 0) is 24.9 Å². The Bertz CT molecular complexity index is 2380. The van der Waals surface area contributed by atoms with E-state index in [0.717, 1.165) is 16.5 Å². The molecule has 41 heavy (non-hydrogen) atoms. The quantitative estimate of drug-likeness (QED) is 0.110. The van der Waals surface area contributed by atoms with Crippen LogP contribution in [0.2, 0.25) is 0 Å². The number of hydrogen-bond donors (Lipinski definition) is 1. The van der Waals surface area contributed by atoms with E-state index in [9.17, 15) is 4.79 Å². The van der Waals surface area contributed by atoms with Crippen LogP contribution >= 0.6 is 11.3 Å². The summed E-state index contributed by atoms with van der Waals surface area (Å²) in [5.41, 5.74) is 5.34. The van der Waals surface area contributed by atoms with Gasteiger partial charge in [-0.1, -0.05) is 53.9 Å². The molecule has 4 nitrogen and oxygen atoms in total. The van der Waals surface area contributed by atoms with Gasteiger partial charge in [0.1, 0.15) is 0 Å². The molecular weight excluding hydrogens is 705 g/mol. The van der Waals surface area contributed by atoms with Gasteiger partial charge in [-0.25, -0.2) is 0 Å². The van der Waals surface area contributed by atoms with Crippen LogP contribution in [0.5, 0.6) is 0 Å². The van der Waals surface area contributed by atoms with Crippen molar-refractivity contribution in [3.8, 4) is 11.3 Å². The molecule has 4 aromatic carbocycles. The Labute approximate surface area is 258 Å². The fraction of sp³-hybridized carbons (Fsp3) is 0.0857. The van der Waals surface area contributed by atoms with E-state index < -0.39 is 6.85 Å². The van der Waals surface area contributed by atoms with Crippen molar-refractivity contribution in [2.75, 3.05) is 0 Å². The van der Waals surface area contributed by atoms with Gasteiger partial charge < -0.3 is 14.5 Å². The van der Waals surface area contributed by atoms with Crippen molar-refractivity contribution in [3.63, 3.8) is 0 Å². The summed E-state index contributed by atoms with van der Waals surface area (Å²) in [6.45, 7) is 0.688. The molecule has 4 heterocycles. The number of nitrogens with zero attached hydrogens (tertiary/aromatic N) is 2. The maximum Gasteiger partial charge on any atom is 0.155 e. The average molecular weight is 733 g/mol. The first kappa shape index (κ1) is 23.6. The van der Waals surface area contributed by atoms with Crippen molar-refractivity contribution in [2.24, 2.45) is 0 Å². The van der Waals surface area contributed by atoms with Crippen molar-refractivity contribution in [3.05, 3.63) is 109 Å². The normalized spacial score (nSPS) is 13.3. The monoisotopic (exact) mass is 733 g/mol. The van der Waals surface area contributed by atoms with Crippen molar-refractivity contribution in [2.45, 2.75) is 20.7 Å². The van der Waals surface area contributed by atoms with E-state index in [1.54, 1.807) is 12.1 Å². The molecule has 0 saturated carbocycles. The van der Waals surface area contributed by atoms with Crippen LogP contribution in [0.1, 0.15) is 23.5 Å². The van der Waals surface area contributed by atoms with Gasteiger partial charge in [-0.3, -0.25) is 4.79 Å². The van der Waals surface area contributed by atoms with Crippen LogP contribution in [-0.4, -0.2) is 20.3 Å². The summed E-state index contributed by atoms with van der Waals surface area (Å²) in [5, 5.41) is 15.9. The van der Waals surface area contributed by atoms with Crippen molar-refractivity contribution >= 4 is 75.4 Å². The van der Waals surface area contributed by atoms with Gasteiger partial charge in [0.2, 0.25) is 0 Å². The third-order valence-electron chi connectivity index (χ3n) is 7.20. The topological polar surface area (TPSA) is 54.6 Å². The zero-order chi connectivity index (χ0) is 30.0. The number of allylic oxidation sites excluding steroid dienone is 2. The Kier molecular flexibility index (Phi) is 5.98. The molecule has 4 aromatic heterocycles. The van der Waals surface area contributed by atoms with Crippen molar-refractivity contribution in [1.82, 2.24) is 9.38 Å². The molecule has 0 aliphatic rings. The number of thiophene rings is 1. The Balaban J connectivity index is 0.000000388. The van der Waals surface area contributed by atoms with Gasteiger partial charge in [-0.15, -0.1) is 35.1 Å². The van der Waals surface area contributed by atoms with E-state index >= 15 is 0 Å². The molecule has 0 atom stereocenters. The summed E-state index contributed by atoms with van der Waals surface area (Å²) < 4.78 is 27.8. The largest absolute Gasteiger partial charge is 0.512 e. The number of benzene rings is 4. The van der Waals surface area contributed by atoms with E-state index in [0.29, 0.717) is 5.69 Å². The molecular formula is C35H25IrN2O2S-. The van der Waals surface area contributed by atoms with Gasteiger partial charge >= 0.3 is 0 Å². The van der Waals surface area contributed by atoms with E-state index in [2.05, 4.69) is 76.1 Å². The number of rotatable bonds is 2. The van der Waals surface area contributed by atoms with Gasteiger partial charge in [0.15, 0.2) is 5.78 Å². The Morgan fingerprint density at radius 1 is 0.927 bits per heavy atom. The first-order chi connectivity index (χ1) is 20.6. The number of pyridine rings is 1. The standard InChI is InChI=1S/C30H17N2S.C5H8O2.Ir/c1-17-9-11-23(31-16-17)18-10-12-24-22(15-18)19-6-4-7-21-28-25(32(24)30(19)21)13-14-27-29(28)20-5-2-3-8-26(20)33-27;1-4(6)3-5(2)7;/h2-9,11-16H,1H3;3,6H,1-2H3;/q-1;;/b;4-3-;/i1D3;;. The van der Waals surface area contributed by atoms with Gasteiger partial charge in [-0.2, -0.15) is 0 Å². The predicted octanol–water partition coefficient (Wildman–Crippen LogP) is 9.41. The van der Waals surface area contributed by atoms with E-state index in [-0.39, 0.29) is 37.2 Å².